The highest BCUT2D eigenvalue weighted by molar-refractivity contribution is 7.91. The van der Waals surface area contributed by atoms with Crippen LogP contribution in [0.2, 0.25) is 0 Å². The largest absolute Gasteiger partial charge is 0.341 e. The highest BCUT2D eigenvalue weighted by atomic mass is 32.2. The standard InChI is InChI=1S/C26H30N4O4S/c1-17-23(18(2)30(27-17)21-11-12-35(33,34)16-21)15-28(3)26(32)20-13-25(31)29(14-20)24-10-6-8-19-7-4-5-9-22(19)24/h4-10,20-21H,11-16H2,1-3H3/t20-,21-/m0/s1. The van der Waals surface area contributed by atoms with Crippen molar-refractivity contribution in [1.82, 2.24) is 14.7 Å². The van der Waals surface area contributed by atoms with Gasteiger partial charge in [-0.25, -0.2) is 8.42 Å². The molecular formula is C26H30N4O4S. The number of benzene rings is 2. The molecule has 0 aliphatic carbocycles. The molecule has 2 fully saturated rings. The summed E-state index contributed by atoms with van der Waals surface area (Å²) in [5.74, 6) is -0.238. The lowest BCUT2D eigenvalue weighted by atomic mass is 10.1. The maximum Gasteiger partial charge on any atom is 0.228 e. The molecule has 3 aromatic rings. The Labute approximate surface area is 205 Å². The van der Waals surface area contributed by atoms with Crippen molar-refractivity contribution in [3.05, 3.63) is 59.4 Å². The Morgan fingerprint density at radius 3 is 2.63 bits per heavy atom. The van der Waals surface area contributed by atoms with Gasteiger partial charge in [0, 0.05) is 43.2 Å². The van der Waals surface area contributed by atoms with Gasteiger partial charge in [-0.1, -0.05) is 36.4 Å². The van der Waals surface area contributed by atoms with Gasteiger partial charge in [0.05, 0.1) is 34.8 Å². The molecule has 2 aliphatic heterocycles. The van der Waals surface area contributed by atoms with E-state index in [4.69, 9.17) is 0 Å². The molecule has 0 bridgehead atoms. The fourth-order valence-electron chi connectivity index (χ4n) is 5.43. The summed E-state index contributed by atoms with van der Waals surface area (Å²) in [5.41, 5.74) is 3.46. The number of nitrogens with zero attached hydrogens (tertiary/aromatic N) is 4. The van der Waals surface area contributed by atoms with Gasteiger partial charge in [0.15, 0.2) is 9.84 Å². The molecule has 2 aromatic carbocycles. The van der Waals surface area contributed by atoms with Gasteiger partial charge in [-0.15, -0.1) is 0 Å². The summed E-state index contributed by atoms with van der Waals surface area (Å²) in [5, 5.41) is 6.67. The van der Waals surface area contributed by atoms with Crippen molar-refractivity contribution < 1.29 is 18.0 Å². The first kappa shape index (κ1) is 23.5. The second kappa shape index (κ2) is 8.78. The number of sulfone groups is 1. The first-order chi connectivity index (χ1) is 16.6. The molecule has 2 amide bonds. The Balaban J connectivity index is 1.31. The molecule has 2 aliphatic rings. The molecule has 2 atom stereocenters. The fourth-order valence-corrected chi connectivity index (χ4v) is 7.12. The molecule has 0 unspecified atom stereocenters. The maximum absolute atomic E-state index is 13.3. The Morgan fingerprint density at radius 1 is 1.14 bits per heavy atom. The Bertz CT molecular complexity index is 1420. The molecule has 184 valence electrons. The van der Waals surface area contributed by atoms with Crippen LogP contribution in [0.25, 0.3) is 10.8 Å². The molecule has 2 saturated heterocycles. The first-order valence-corrected chi connectivity index (χ1v) is 13.7. The molecule has 0 spiro atoms. The number of carbonyl (C=O) groups is 2. The predicted octanol–water partition coefficient (Wildman–Crippen LogP) is 3.02. The van der Waals surface area contributed by atoms with Crippen LogP contribution in [0.1, 0.15) is 35.8 Å². The number of hydrogen-bond acceptors (Lipinski definition) is 5. The lowest BCUT2D eigenvalue weighted by Crippen LogP contribution is -2.34. The molecule has 35 heavy (non-hydrogen) atoms. The van der Waals surface area contributed by atoms with Gasteiger partial charge in [-0.3, -0.25) is 14.3 Å². The molecule has 1 aromatic heterocycles. The van der Waals surface area contributed by atoms with E-state index in [1.54, 1.807) is 16.8 Å². The van der Waals surface area contributed by atoms with Gasteiger partial charge in [0.1, 0.15) is 0 Å². The van der Waals surface area contributed by atoms with Crippen molar-refractivity contribution in [3.63, 3.8) is 0 Å². The zero-order valence-corrected chi connectivity index (χ0v) is 21.1. The number of aryl methyl sites for hydroxylation is 1. The lowest BCUT2D eigenvalue weighted by molar-refractivity contribution is -0.135. The molecular weight excluding hydrogens is 464 g/mol. The predicted molar refractivity (Wildman–Crippen MR) is 135 cm³/mol. The summed E-state index contributed by atoms with van der Waals surface area (Å²) in [4.78, 5) is 29.7. The summed E-state index contributed by atoms with van der Waals surface area (Å²) in [6.45, 7) is 4.55. The average molecular weight is 495 g/mol. The molecule has 0 saturated carbocycles. The summed E-state index contributed by atoms with van der Waals surface area (Å²) in [6.07, 6.45) is 0.746. The second-order valence-corrected chi connectivity index (χ2v) is 12.0. The van der Waals surface area contributed by atoms with Crippen LogP contribution in [0.15, 0.2) is 42.5 Å². The third-order valence-corrected chi connectivity index (χ3v) is 9.08. The van der Waals surface area contributed by atoms with Gasteiger partial charge in [-0.2, -0.15) is 5.10 Å². The van der Waals surface area contributed by atoms with Crippen LogP contribution >= 0.6 is 0 Å². The second-order valence-electron chi connectivity index (χ2n) is 9.75. The summed E-state index contributed by atoms with van der Waals surface area (Å²) >= 11 is 0. The smallest absolute Gasteiger partial charge is 0.228 e. The van der Waals surface area contributed by atoms with Crippen molar-refractivity contribution >= 4 is 38.1 Å². The molecule has 0 radical (unpaired) electrons. The van der Waals surface area contributed by atoms with Crippen LogP contribution in [0.4, 0.5) is 5.69 Å². The van der Waals surface area contributed by atoms with Crippen molar-refractivity contribution in [2.24, 2.45) is 5.92 Å². The number of aromatic nitrogens is 2. The van der Waals surface area contributed by atoms with E-state index in [0.29, 0.717) is 19.5 Å². The zero-order valence-electron chi connectivity index (χ0n) is 20.3. The van der Waals surface area contributed by atoms with Gasteiger partial charge >= 0.3 is 0 Å². The van der Waals surface area contributed by atoms with Crippen molar-refractivity contribution in [3.8, 4) is 0 Å². The Hall–Kier alpha value is -3.20. The normalized spacial score (nSPS) is 21.7. The topological polar surface area (TPSA) is 92.6 Å². The van der Waals surface area contributed by atoms with E-state index in [1.165, 1.54) is 0 Å². The highest BCUT2D eigenvalue weighted by Crippen LogP contribution is 2.33. The van der Waals surface area contributed by atoms with Crippen LogP contribution < -0.4 is 4.90 Å². The highest BCUT2D eigenvalue weighted by Gasteiger charge is 2.37. The number of amides is 2. The number of fused-ring (bicyclic) bond motifs is 1. The maximum atomic E-state index is 13.3. The third-order valence-electron chi connectivity index (χ3n) is 7.33. The monoisotopic (exact) mass is 494 g/mol. The SMILES string of the molecule is Cc1nn([C@H]2CCS(=O)(=O)C2)c(C)c1CN(C)C(=O)[C@H]1CC(=O)N(c2cccc3ccccc23)C1. The molecule has 9 heteroatoms. The molecule has 5 rings (SSSR count). The molecule has 3 heterocycles. The van der Waals surface area contributed by atoms with E-state index in [1.807, 2.05) is 61.0 Å². The van der Waals surface area contributed by atoms with Crippen LogP contribution in [0.5, 0.6) is 0 Å². The van der Waals surface area contributed by atoms with E-state index < -0.39 is 15.8 Å². The summed E-state index contributed by atoms with van der Waals surface area (Å²) < 4.78 is 25.7. The van der Waals surface area contributed by atoms with Gasteiger partial charge < -0.3 is 9.80 Å². The fraction of sp³-hybridized carbons (Fsp3) is 0.423. The lowest BCUT2D eigenvalue weighted by Gasteiger charge is -2.22. The molecule has 8 nitrogen and oxygen atoms in total. The van der Waals surface area contributed by atoms with E-state index in [-0.39, 0.29) is 35.8 Å². The number of carbonyl (C=O) groups excluding carboxylic acids is 2. The quantitative estimate of drug-likeness (QED) is 0.544. The summed E-state index contributed by atoms with van der Waals surface area (Å²) in [6, 6.07) is 13.7. The number of anilines is 1. The van der Waals surface area contributed by atoms with Crippen LogP contribution in [-0.2, 0) is 26.0 Å². The Kier molecular flexibility index (Phi) is 5.91. The minimum Gasteiger partial charge on any atom is -0.341 e. The van der Waals surface area contributed by atoms with E-state index in [0.717, 1.165) is 33.4 Å². The average Bonchev–Trinajstić information content (AvgIpc) is 3.48. The summed E-state index contributed by atoms with van der Waals surface area (Å²) in [7, 11) is -1.27. The van der Waals surface area contributed by atoms with Gasteiger partial charge in [0.25, 0.3) is 0 Å². The van der Waals surface area contributed by atoms with Crippen molar-refractivity contribution in [2.75, 3.05) is 30.0 Å². The van der Waals surface area contributed by atoms with Crippen LogP contribution in [0, 0.1) is 19.8 Å². The number of rotatable bonds is 5. The van der Waals surface area contributed by atoms with Gasteiger partial charge in [0.2, 0.25) is 11.8 Å². The van der Waals surface area contributed by atoms with E-state index in [2.05, 4.69) is 5.10 Å². The van der Waals surface area contributed by atoms with Crippen molar-refractivity contribution in [1.29, 1.82) is 0 Å². The van der Waals surface area contributed by atoms with Crippen LogP contribution in [-0.4, -0.2) is 60.0 Å². The first-order valence-electron chi connectivity index (χ1n) is 11.9. The number of hydrogen-bond donors (Lipinski definition) is 0. The minimum atomic E-state index is -3.02. The third kappa shape index (κ3) is 4.33. The minimum absolute atomic E-state index is 0.0456. The zero-order chi connectivity index (χ0) is 24.9. The van der Waals surface area contributed by atoms with Crippen molar-refractivity contribution in [2.45, 2.75) is 39.3 Å². The van der Waals surface area contributed by atoms with Gasteiger partial charge in [-0.05, 0) is 31.7 Å². The van der Waals surface area contributed by atoms with E-state index >= 15 is 0 Å². The van der Waals surface area contributed by atoms with E-state index in [9.17, 15) is 18.0 Å². The molecule has 0 N–H and O–H groups in total. The Morgan fingerprint density at radius 2 is 1.89 bits per heavy atom. The van der Waals surface area contributed by atoms with Crippen LogP contribution in [0.3, 0.4) is 0 Å².